The van der Waals surface area contributed by atoms with Crippen LogP contribution in [0.1, 0.15) is 61.4 Å². The van der Waals surface area contributed by atoms with Gasteiger partial charge in [0, 0.05) is 43.2 Å². The summed E-state index contributed by atoms with van der Waals surface area (Å²) in [6.07, 6.45) is 8.21. The summed E-state index contributed by atoms with van der Waals surface area (Å²) < 4.78 is 0. The van der Waals surface area contributed by atoms with Crippen molar-refractivity contribution in [2.75, 3.05) is 33.2 Å². The summed E-state index contributed by atoms with van der Waals surface area (Å²) in [5.74, 6) is 0.964. The molecule has 158 valence electrons. The van der Waals surface area contributed by atoms with Crippen LogP contribution in [0.2, 0.25) is 0 Å². The van der Waals surface area contributed by atoms with Gasteiger partial charge in [-0.15, -0.1) is 24.8 Å². The van der Waals surface area contributed by atoms with Gasteiger partial charge in [0.1, 0.15) is 0 Å². The van der Waals surface area contributed by atoms with E-state index in [1.807, 2.05) is 0 Å². The van der Waals surface area contributed by atoms with Crippen molar-refractivity contribution in [2.45, 2.75) is 63.5 Å². The van der Waals surface area contributed by atoms with Crippen LogP contribution in [0, 0.1) is 5.41 Å². The molecule has 1 unspecified atom stereocenters. The van der Waals surface area contributed by atoms with Gasteiger partial charge in [-0.25, -0.2) is 0 Å². The highest BCUT2D eigenvalue weighted by Crippen LogP contribution is 2.42. The van der Waals surface area contributed by atoms with E-state index < -0.39 is 0 Å². The molecule has 3 fully saturated rings. The summed E-state index contributed by atoms with van der Waals surface area (Å²) in [5.41, 5.74) is 4.20. The molecule has 0 radical (unpaired) electrons. The fourth-order valence-corrected chi connectivity index (χ4v) is 5.60. The van der Waals surface area contributed by atoms with Crippen LogP contribution in [0.25, 0.3) is 0 Å². The van der Waals surface area contributed by atoms with Crippen LogP contribution in [-0.2, 0) is 17.8 Å². The lowest BCUT2D eigenvalue weighted by Crippen LogP contribution is -2.46. The van der Waals surface area contributed by atoms with Gasteiger partial charge in [-0.3, -0.25) is 14.8 Å². The molecule has 3 aliphatic heterocycles. The number of H-pyrrole nitrogens is 1. The molecule has 1 saturated carbocycles. The molecule has 4 aliphatic rings. The quantitative estimate of drug-likeness (QED) is 0.757. The first-order valence-electron chi connectivity index (χ1n) is 10.4. The number of nitrogens with zero attached hydrogens (tertiary/aromatic N) is 3. The molecule has 1 amide bonds. The number of likely N-dealkylation sites (N-methyl/N-ethyl adjacent to an activating group) is 1. The fraction of sp³-hybridized carbons (Fsp3) is 0.800. The molecule has 1 aromatic rings. The molecule has 1 spiro atoms. The number of aromatic nitrogens is 2. The molecule has 6 nitrogen and oxygen atoms in total. The van der Waals surface area contributed by atoms with E-state index in [-0.39, 0.29) is 30.9 Å². The van der Waals surface area contributed by atoms with Crippen molar-refractivity contribution in [1.29, 1.82) is 0 Å². The summed E-state index contributed by atoms with van der Waals surface area (Å²) >= 11 is 0. The highest BCUT2D eigenvalue weighted by molar-refractivity contribution is 5.85. The number of nitrogens with one attached hydrogen (secondary N) is 2. The lowest BCUT2D eigenvalue weighted by atomic mass is 9.77. The molecule has 1 atom stereocenters. The number of likely N-dealkylation sites (tertiary alicyclic amines) is 1. The van der Waals surface area contributed by atoms with Crippen LogP contribution < -0.4 is 5.32 Å². The molecule has 4 heterocycles. The third-order valence-electron chi connectivity index (χ3n) is 7.46. The number of hydrogen-bond acceptors (Lipinski definition) is 4. The van der Waals surface area contributed by atoms with Gasteiger partial charge in [-0.1, -0.05) is 6.42 Å². The van der Waals surface area contributed by atoms with E-state index in [0.29, 0.717) is 17.2 Å². The van der Waals surface area contributed by atoms with E-state index in [2.05, 4.69) is 32.4 Å². The third kappa shape index (κ3) is 3.69. The van der Waals surface area contributed by atoms with Crippen molar-refractivity contribution < 1.29 is 4.79 Å². The lowest BCUT2D eigenvalue weighted by Gasteiger charge is -2.34. The van der Waals surface area contributed by atoms with Crippen molar-refractivity contribution in [1.82, 2.24) is 25.3 Å². The standard InChI is InChI=1S/C20H31N5O.2ClH/c1-24-13-20(6-8-21-9-7-20)11-17(24)19(26)25-10-5-16-15(12-25)18(23-22-16)14-3-2-4-14;;/h14,17,21H,2-13H2,1H3,(H,22,23);2*1H. The second kappa shape index (κ2) is 8.50. The zero-order valence-corrected chi connectivity index (χ0v) is 18.3. The summed E-state index contributed by atoms with van der Waals surface area (Å²) in [4.78, 5) is 17.8. The maximum Gasteiger partial charge on any atom is 0.240 e. The average Bonchev–Trinajstić information content (AvgIpc) is 3.15. The number of fused-ring (bicyclic) bond motifs is 1. The Morgan fingerprint density at radius 1 is 1.21 bits per heavy atom. The van der Waals surface area contributed by atoms with Crippen LogP contribution in [0.15, 0.2) is 0 Å². The first-order chi connectivity index (χ1) is 12.7. The topological polar surface area (TPSA) is 64.3 Å². The van der Waals surface area contributed by atoms with Crippen molar-refractivity contribution in [2.24, 2.45) is 5.41 Å². The number of hydrogen-bond donors (Lipinski definition) is 2. The van der Waals surface area contributed by atoms with Gasteiger partial charge < -0.3 is 10.2 Å². The second-order valence-electron chi connectivity index (χ2n) is 9.09. The molecule has 2 N–H and O–H groups in total. The van der Waals surface area contributed by atoms with Gasteiger partial charge >= 0.3 is 0 Å². The minimum atomic E-state index is 0. The Bertz CT molecular complexity index is 699. The highest BCUT2D eigenvalue weighted by atomic mass is 35.5. The monoisotopic (exact) mass is 429 g/mol. The van der Waals surface area contributed by atoms with E-state index >= 15 is 0 Å². The third-order valence-corrected chi connectivity index (χ3v) is 7.46. The predicted molar refractivity (Wildman–Crippen MR) is 114 cm³/mol. The number of carbonyl (C=O) groups is 1. The van der Waals surface area contributed by atoms with Gasteiger partial charge in [0.05, 0.1) is 11.7 Å². The van der Waals surface area contributed by atoms with E-state index in [0.717, 1.165) is 45.6 Å². The first kappa shape index (κ1) is 21.9. The van der Waals surface area contributed by atoms with E-state index in [1.54, 1.807) is 0 Å². The first-order valence-corrected chi connectivity index (χ1v) is 10.4. The Morgan fingerprint density at radius 3 is 2.64 bits per heavy atom. The van der Waals surface area contributed by atoms with Crippen LogP contribution in [0.3, 0.4) is 0 Å². The summed E-state index contributed by atoms with van der Waals surface area (Å²) in [6.45, 7) is 4.86. The van der Waals surface area contributed by atoms with Gasteiger partial charge in [-0.05, 0) is 57.7 Å². The zero-order valence-electron chi connectivity index (χ0n) is 16.7. The molecule has 1 aromatic heterocycles. The van der Waals surface area contributed by atoms with E-state index in [1.165, 1.54) is 49.1 Å². The maximum atomic E-state index is 13.4. The summed E-state index contributed by atoms with van der Waals surface area (Å²) in [6, 6.07) is 0.0636. The minimum Gasteiger partial charge on any atom is -0.336 e. The van der Waals surface area contributed by atoms with Crippen LogP contribution in [-0.4, -0.2) is 65.2 Å². The Labute approximate surface area is 180 Å². The summed E-state index contributed by atoms with van der Waals surface area (Å²) in [5, 5.41) is 11.3. The van der Waals surface area contributed by atoms with Crippen LogP contribution >= 0.6 is 24.8 Å². The molecular weight excluding hydrogens is 397 g/mol. The number of aromatic amines is 1. The normalized spacial score (nSPS) is 26.9. The highest BCUT2D eigenvalue weighted by Gasteiger charge is 2.47. The smallest absolute Gasteiger partial charge is 0.240 e. The Hall–Kier alpha value is -0.820. The van der Waals surface area contributed by atoms with Gasteiger partial charge in [0.2, 0.25) is 5.91 Å². The van der Waals surface area contributed by atoms with E-state index in [4.69, 9.17) is 0 Å². The molecule has 28 heavy (non-hydrogen) atoms. The summed E-state index contributed by atoms with van der Waals surface area (Å²) in [7, 11) is 2.15. The van der Waals surface area contributed by atoms with Crippen molar-refractivity contribution in [3.8, 4) is 0 Å². The molecule has 5 rings (SSSR count). The number of piperidine rings is 1. The number of halogens is 2. The van der Waals surface area contributed by atoms with Crippen LogP contribution in [0.5, 0.6) is 0 Å². The molecule has 0 bridgehead atoms. The number of rotatable bonds is 2. The Balaban J connectivity index is 0.00000112. The zero-order chi connectivity index (χ0) is 17.7. The average molecular weight is 430 g/mol. The largest absolute Gasteiger partial charge is 0.336 e. The number of carbonyl (C=O) groups excluding carboxylic acids is 1. The molecule has 2 saturated heterocycles. The van der Waals surface area contributed by atoms with Crippen molar-refractivity contribution in [3.63, 3.8) is 0 Å². The second-order valence-corrected chi connectivity index (χ2v) is 9.09. The lowest BCUT2D eigenvalue weighted by molar-refractivity contribution is -0.136. The number of amides is 1. The van der Waals surface area contributed by atoms with Gasteiger partial charge in [-0.2, -0.15) is 5.10 Å². The molecule has 1 aliphatic carbocycles. The SMILES string of the molecule is CN1CC2(CCNCC2)CC1C(=O)N1CCc2[nH]nc(C3CCC3)c2C1.Cl.Cl. The van der Waals surface area contributed by atoms with Gasteiger partial charge in [0.15, 0.2) is 0 Å². The Morgan fingerprint density at radius 2 is 1.96 bits per heavy atom. The van der Waals surface area contributed by atoms with E-state index in [9.17, 15) is 4.79 Å². The van der Waals surface area contributed by atoms with Crippen LogP contribution in [0.4, 0.5) is 0 Å². The predicted octanol–water partition coefficient (Wildman–Crippen LogP) is 2.48. The van der Waals surface area contributed by atoms with Crippen molar-refractivity contribution in [3.05, 3.63) is 17.0 Å². The Kier molecular flexibility index (Phi) is 6.64. The fourth-order valence-electron chi connectivity index (χ4n) is 5.60. The molecule has 0 aromatic carbocycles. The molecule has 8 heteroatoms. The van der Waals surface area contributed by atoms with Crippen molar-refractivity contribution >= 4 is 30.7 Å². The van der Waals surface area contributed by atoms with Gasteiger partial charge in [0.25, 0.3) is 0 Å². The minimum absolute atomic E-state index is 0. The molecular formula is C20H33Cl2N5O. The maximum absolute atomic E-state index is 13.4.